The van der Waals surface area contributed by atoms with Crippen molar-refractivity contribution in [3.63, 3.8) is 0 Å². The van der Waals surface area contributed by atoms with Crippen LogP contribution in [0.5, 0.6) is 0 Å². The van der Waals surface area contributed by atoms with Gasteiger partial charge in [0.25, 0.3) is 0 Å². The third-order valence-electron chi connectivity index (χ3n) is 2.37. The lowest BCUT2D eigenvalue weighted by atomic mass is 10.1. The second kappa shape index (κ2) is 6.02. The zero-order valence-corrected chi connectivity index (χ0v) is 11.5. The van der Waals surface area contributed by atoms with Crippen LogP contribution in [0.4, 0.5) is 0 Å². The zero-order valence-electron chi connectivity index (χ0n) is 9.97. The molecule has 2 N–H and O–H groups in total. The Morgan fingerprint density at radius 3 is 2.68 bits per heavy atom. The number of hydrogen-bond acceptors (Lipinski definition) is 4. The van der Waals surface area contributed by atoms with Gasteiger partial charge < -0.3 is 5.11 Å². The molecule has 0 saturated carbocycles. The van der Waals surface area contributed by atoms with E-state index in [9.17, 15) is 13.2 Å². The summed E-state index contributed by atoms with van der Waals surface area (Å²) in [6.07, 6.45) is 0.0185. The van der Waals surface area contributed by atoms with E-state index in [-0.39, 0.29) is 34.0 Å². The first-order valence-corrected chi connectivity index (χ1v) is 7.05. The summed E-state index contributed by atoms with van der Waals surface area (Å²) >= 11 is 5.73. The number of hydrogen-bond donors (Lipinski definition) is 2. The van der Waals surface area contributed by atoms with Gasteiger partial charge in [-0.3, -0.25) is 0 Å². The van der Waals surface area contributed by atoms with Gasteiger partial charge in [-0.05, 0) is 24.6 Å². The summed E-state index contributed by atoms with van der Waals surface area (Å²) in [5.74, 6) is -1.26. The van der Waals surface area contributed by atoms with Crippen molar-refractivity contribution in [2.45, 2.75) is 18.2 Å². The molecule has 19 heavy (non-hydrogen) atoms. The minimum atomic E-state index is -3.89. The maximum atomic E-state index is 12.0. The van der Waals surface area contributed by atoms with Gasteiger partial charge in [0, 0.05) is 18.0 Å². The highest BCUT2D eigenvalue weighted by molar-refractivity contribution is 7.89. The Hall–Kier alpha value is -1.62. The highest BCUT2D eigenvalue weighted by atomic mass is 35.5. The second-order valence-electron chi connectivity index (χ2n) is 3.69. The molecule has 1 rings (SSSR count). The van der Waals surface area contributed by atoms with Crippen molar-refractivity contribution >= 4 is 27.6 Å². The van der Waals surface area contributed by atoms with E-state index in [2.05, 4.69) is 4.72 Å². The summed E-state index contributed by atoms with van der Waals surface area (Å²) in [7, 11) is -3.89. The van der Waals surface area contributed by atoms with Crippen LogP contribution in [-0.2, 0) is 10.0 Å². The fourth-order valence-electron chi connectivity index (χ4n) is 1.47. The molecule has 1 aromatic rings. The molecule has 6 nitrogen and oxygen atoms in total. The van der Waals surface area contributed by atoms with Crippen molar-refractivity contribution in [1.29, 1.82) is 5.26 Å². The summed E-state index contributed by atoms with van der Waals surface area (Å²) in [6, 6.07) is 4.17. The van der Waals surface area contributed by atoms with Crippen molar-refractivity contribution < 1.29 is 18.3 Å². The summed E-state index contributed by atoms with van der Waals surface area (Å²) in [4.78, 5) is 10.8. The van der Waals surface area contributed by atoms with E-state index in [4.69, 9.17) is 22.0 Å². The number of sulfonamides is 1. The number of aromatic carboxylic acids is 1. The van der Waals surface area contributed by atoms with Crippen LogP contribution in [-0.4, -0.2) is 26.0 Å². The van der Waals surface area contributed by atoms with Crippen LogP contribution in [0, 0.1) is 18.3 Å². The molecule has 8 heteroatoms. The Bertz CT molecular complexity index is 649. The van der Waals surface area contributed by atoms with Crippen LogP contribution < -0.4 is 4.72 Å². The fourth-order valence-corrected chi connectivity index (χ4v) is 3.08. The van der Waals surface area contributed by atoms with Gasteiger partial charge in [0.15, 0.2) is 0 Å². The van der Waals surface area contributed by atoms with Gasteiger partial charge in [0.1, 0.15) is 0 Å². The first-order chi connectivity index (χ1) is 8.79. The van der Waals surface area contributed by atoms with Crippen LogP contribution in [0.25, 0.3) is 0 Å². The van der Waals surface area contributed by atoms with Crippen molar-refractivity contribution in [2.75, 3.05) is 6.54 Å². The Morgan fingerprint density at radius 2 is 2.16 bits per heavy atom. The number of carboxylic acids is 1. The summed E-state index contributed by atoms with van der Waals surface area (Å²) in [5.41, 5.74) is -0.0745. The summed E-state index contributed by atoms with van der Waals surface area (Å²) in [6.45, 7) is 1.34. The zero-order chi connectivity index (χ0) is 14.6. The molecular weight excluding hydrogens is 292 g/mol. The average Bonchev–Trinajstić information content (AvgIpc) is 2.31. The minimum absolute atomic E-state index is 0.0173. The molecule has 0 aromatic heterocycles. The highest BCUT2D eigenvalue weighted by Crippen LogP contribution is 2.24. The Kier molecular flexibility index (Phi) is 4.89. The topological polar surface area (TPSA) is 107 Å². The van der Waals surface area contributed by atoms with E-state index in [0.717, 1.165) is 0 Å². The Morgan fingerprint density at radius 1 is 1.53 bits per heavy atom. The molecule has 0 amide bonds. The third-order valence-corrected chi connectivity index (χ3v) is 4.18. The van der Waals surface area contributed by atoms with Gasteiger partial charge in [0.05, 0.1) is 16.5 Å². The molecule has 0 unspecified atom stereocenters. The maximum absolute atomic E-state index is 12.0. The molecule has 0 saturated heterocycles. The normalized spacial score (nSPS) is 11.0. The van der Waals surface area contributed by atoms with Crippen molar-refractivity contribution in [1.82, 2.24) is 4.72 Å². The number of rotatable bonds is 5. The second-order valence-corrected chi connectivity index (χ2v) is 5.86. The smallest absolute Gasteiger partial charge is 0.336 e. The molecule has 0 fully saturated rings. The first kappa shape index (κ1) is 15.4. The molecule has 0 radical (unpaired) electrons. The number of carboxylic acid groups (broad SMARTS) is 1. The monoisotopic (exact) mass is 302 g/mol. The molecule has 1 aromatic carbocycles. The number of nitrogens with one attached hydrogen (secondary N) is 1. The molecular formula is C11H11ClN2O4S. The van der Waals surface area contributed by atoms with Gasteiger partial charge in [-0.25, -0.2) is 17.9 Å². The number of carbonyl (C=O) groups is 1. The molecule has 0 spiro atoms. The van der Waals surface area contributed by atoms with Crippen LogP contribution in [0.3, 0.4) is 0 Å². The molecule has 0 heterocycles. The van der Waals surface area contributed by atoms with Gasteiger partial charge >= 0.3 is 5.97 Å². The Balaban J connectivity index is 3.27. The fraction of sp³-hybridized carbons (Fsp3) is 0.273. The van der Waals surface area contributed by atoms with Gasteiger partial charge in [0.2, 0.25) is 10.0 Å². The quantitative estimate of drug-likeness (QED) is 0.802. The van der Waals surface area contributed by atoms with Gasteiger partial charge in [-0.1, -0.05) is 11.6 Å². The lowest BCUT2D eigenvalue weighted by molar-refractivity contribution is 0.0696. The summed E-state index contributed by atoms with van der Waals surface area (Å²) < 4.78 is 26.2. The minimum Gasteiger partial charge on any atom is -0.478 e. The lowest BCUT2D eigenvalue weighted by Gasteiger charge is -2.11. The average molecular weight is 303 g/mol. The van der Waals surface area contributed by atoms with E-state index >= 15 is 0 Å². The molecule has 0 aliphatic carbocycles. The Labute approximate surface area is 115 Å². The molecule has 102 valence electrons. The van der Waals surface area contributed by atoms with Crippen molar-refractivity contribution in [3.05, 3.63) is 28.3 Å². The van der Waals surface area contributed by atoms with Crippen LogP contribution in [0.1, 0.15) is 22.3 Å². The number of benzene rings is 1. The van der Waals surface area contributed by atoms with E-state index < -0.39 is 16.0 Å². The predicted molar refractivity (Wildman–Crippen MR) is 68.6 cm³/mol. The highest BCUT2D eigenvalue weighted by Gasteiger charge is 2.21. The molecule has 0 atom stereocenters. The standard InChI is InChI=1S/C11H11ClN2O4S/c1-7-9(11(15)16)5-8(12)6-10(7)19(17,18)14-4-2-3-13/h5-6,14H,2,4H2,1H3,(H,15,16). The maximum Gasteiger partial charge on any atom is 0.336 e. The molecule has 0 bridgehead atoms. The van der Waals surface area contributed by atoms with Crippen LogP contribution in [0.15, 0.2) is 17.0 Å². The SMILES string of the molecule is Cc1c(C(=O)O)cc(Cl)cc1S(=O)(=O)NCCC#N. The van der Waals surface area contributed by atoms with Crippen molar-refractivity contribution in [2.24, 2.45) is 0 Å². The van der Waals surface area contributed by atoms with Gasteiger partial charge in [-0.2, -0.15) is 5.26 Å². The van der Waals surface area contributed by atoms with Crippen LogP contribution in [0.2, 0.25) is 5.02 Å². The van der Waals surface area contributed by atoms with Crippen molar-refractivity contribution in [3.8, 4) is 6.07 Å². The first-order valence-electron chi connectivity index (χ1n) is 5.19. The largest absolute Gasteiger partial charge is 0.478 e. The predicted octanol–water partition coefficient (Wildman–Crippen LogP) is 1.54. The number of halogens is 1. The van der Waals surface area contributed by atoms with E-state index in [0.29, 0.717) is 0 Å². The number of nitriles is 1. The van der Waals surface area contributed by atoms with Gasteiger partial charge in [-0.15, -0.1) is 0 Å². The van der Waals surface area contributed by atoms with Crippen LogP contribution >= 0.6 is 11.6 Å². The molecule has 0 aliphatic heterocycles. The number of nitrogens with zero attached hydrogens (tertiary/aromatic N) is 1. The van der Waals surface area contributed by atoms with E-state index in [1.54, 1.807) is 6.07 Å². The summed E-state index contributed by atoms with van der Waals surface area (Å²) in [5, 5.41) is 17.4. The van der Waals surface area contributed by atoms with E-state index in [1.165, 1.54) is 19.1 Å². The van der Waals surface area contributed by atoms with E-state index in [1.807, 2.05) is 0 Å². The third kappa shape index (κ3) is 3.67. The molecule has 0 aliphatic rings. The lowest BCUT2D eigenvalue weighted by Crippen LogP contribution is -2.26.